The molecule has 6 unspecified atom stereocenters. The molecule has 37 heavy (non-hydrogen) atoms. The first kappa shape index (κ1) is 31.7. The molecule has 0 N–H and O–H groups in total. The fraction of sp³-hybridized carbons (Fsp3) is 0.312. The van der Waals surface area contributed by atoms with E-state index in [1.807, 2.05) is 12.1 Å². The molecular weight excluding hydrogens is 578 g/mol. The van der Waals surface area contributed by atoms with Crippen molar-refractivity contribution in [2.75, 3.05) is 14.2 Å². The summed E-state index contributed by atoms with van der Waals surface area (Å²) < 4.78 is 10.9. The summed E-state index contributed by atoms with van der Waals surface area (Å²) in [5, 5.41) is 0. The first-order chi connectivity index (χ1) is 16.8. The predicted octanol–water partition coefficient (Wildman–Crippen LogP) is 1.50. The van der Waals surface area contributed by atoms with Crippen molar-refractivity contribution in [1.82, 2.24) is 0 Å². The summed E-state index contributed by atoms with van der Waals surface area (Å²) in [6, 6.07) is 16.7. The maximum Gasteiger partial charge on any atom is 4.00 e. The summed E-state index contributed by atoms with van der Waals surface area (Å²) in [5.74, 6) is 5.64. The van der Waals surface area contributed by atoms with E-state index >= 15 is 0 Å². The number of fused-ring (bicyclic) bond motifs is 2. The fourth-order valence-corrected chi connectivity index (χ4v) is 5.91. The molecule has 4 aliphatic carbocycles. The molecule has 2 saturated carbocycles. The summed E-state index contributed by atoms with van der Waals surface area (Å²) in [6.45, 7) is 0. The quantitative estimate of drug-likeness (QED) is 0.488. The Hall–Kier alpha value is -1.54. The van der Waals surface area contributed by atoms with Crippen molar-refractivity contribution < 1.29 is 60.5 Å². The van der Waals surface area contributed by atoms with Crippen LogP contribution in [0.4, 0.5) is 0 Å². The van der Waals surface area contributed by atoms with Crippen LogP contribution in [0.1, 0.15) is 35.8 Å². The fourth-order valence-electron chi connectivity index (χ4n) is 5.91. The third-order valence-corrected chi connectivity index (χ3v) is 7.63. The minimum Gasteiger partial charge on any atom is -1.00 e. The Morgan fingerprint density at radius 3 is 1.35 bits per heavy atom. The standard InChI is InChI=1S/2C16H17O.2ClH.Zr/c2*1-17-16-9-5-4-8-15(16)14-10-12-6-2-3-7-13(12)11-14;;;/h2*2-10,12-14H,11H2,1H3;2*1H;/q2*-1;;;+4/p-2. The van der Waals surface area contributed by atoms with E-state index in [-0.39, 0.29) is 51.0 Å². The van der Waals surface area contributed by atoms with Crippen LogP contribution in [-0.4, -0.2) is 14.2 Å². The van der Waals surface area contributed by atoms with Crippen molar-refractivity contribution in [2.24, 2.45) is 23.7 Å². The van der Waals surface area contributed by atoms with E-state index in [0.717, 1.165) is 11.5 Å². The van der Waals surface area contributed by atoms with E-state index < -0.39 is 0 Å². The van der Waals surface area contributed by atoms with Gasteiger partial charge >= 0.3 is 26.2 Å². The molecule has 0 aliphatic heterocycles. The minimum absolute atomic E-state index is 0. The van der Waals surface area contributed by atoms with Crippen molar-refractivity contribution in [3.05, 3.63) is 121 Å². The SMILES string of the molecule is COc1ccccc1C1[CH-]C2C=CC=CC2C1.COc1ccccc1C1[CH-]C2C=CC=CC2C1.[Cl-].[Cl-].[Zr+4]. The van der Waals surface area contributed by atoms with Crippen molar-refractivity contribution in [1.29, 1.82) is 0 Å². The average Bonchev–Trinajstić information content (AvgIpc) is 3.53. The van der Waals surface area contributed by atoms with Gasteiger partial charge in [0.2, 0.25) is 0 Å². The number of methoxy groups -OCH3 is 2. The largest absolute Gasteiger partial charge is 4.00 e. The number of para-hydroxylation sites is 2. The molecule has 2 fully saturated rings. The van der Waals surface area contributed by atoms with Crippen LogP contribution in [0.2, 0.25) is 0 Å². The zero-order valence-corrected chi connectivity index (χ0v) is 25.3. The molecule has 5 heteroatoms. The summed E-state index contributed by atoms with van der Waals surface area (Å²) in [4.78, 5) is 0. The van der Waals surface area contributed by atoms with Crippen molar-refractivity contribution in [3.63, 3.8) is 0 Å². The molecule has 0 radical (unpaired) electrons. The Morgan fingerprint density at radius 1 is 0.595 bits per heavy atom. The van der Waals surface area contributed by atoms with Crippen LogP contribution >= 0.6 is 0 Å². The van der Waals surface area contributed by atoms with E-state index in [9.17, 15) is 0 Å². The molecule has 6 rings (SSSR count). The number of benzene rings is 2. The van der Waals surface area contributed by atoms with Crippen molar-refractivity contribution in [3.8, 4) is 11.5 Å². The Labute approximate surface area is 254 Å². The smallest absolute Gasteiger partial charge is 1.00 e. The van der Waals surface area contributed by atoms with Gasteiger partial charge in [0.1, 0.15) is 11.5 Å². The van der Waals surface area contributed by atoms with Crippen molar-refractivity contribution >= 4 is 0 Å². The topological polar surface area (TPSA) is 18.5 Å². The molecular formula is C32H34Cl2O2Zr. The number of ether oxygens (including phenoxy) is 2. The number of allylic oxidation sites excluding steroid dienone is 8. The van der Waals surface area contributed by atoms with Gasteiger partial charge in [0.05, 0.1) is 14.2 Å². The van der Waals surface area contributed by atoms with Gasteiger partial charge in [0.15, 0.2) is 0 Å². The second kappa shape index (κ2) is 15.2. The maximum atomic E-state index is 5.46. The van der Waals surface area contributed by atoms with Crippen molar-refractivity contribution in [2.45, 2.75) is 24.7 Å². The second-order valence-corrected chi connectivity index (χ2v) is 9.58. The van der Waals surface area contributed by atoms with Gasteiger partial charge in [-0.3, -0.25) is 0 Å². The van der Waals surface area contributed by atoms with E-state index in [2.05, 4.69) is 97.8 Å². The third-order valence-electron chi connectivity index (χ3n) is 7.63. The van der Waals surface area contributed by atoms with Crippen LogP contribution in [0.3, 0.4) is 0 Å². The summed E-state index contributed by atoms with van der Waals surface area (Å²) in [6.07, 6.45) is 25.2. The maximum absolute atomic E-state index is 5.46. The van der Waals surface area contributed by atoms with Gasteiger partial charge < -0.3 is 47.1 Å². The Kier molecular flexibility index (Phi) is 13.0. The Morgan fingerprint density at radius 2 is 0.973 bits per heavy atom. The number of hydrogen-bond acceptors (Lipinski definition) is 2. The van der Waals surface area contributed by atoms with E-state index in [4.69, 9.17) is 9.47 Å². The van der Waals surface area contributed by atoms with Gasteiger partial charge in [-0.25, -0.2) is 0 Å². The first-order valence-corrected chi connectivity index (χ1v) is 12.4. The molecule has 2 aromatic carbocycles. The summed E-state index contributed by atoms with van der Waals surface area (Å²) in [7, 11) is 3.50. The number of hydrogen-bond donors (Lipinski definition) is 0. The van der Waals surface area contributed by atoms with Gasteiger partial charge in [-0.2, -0.15) is 0 Å². The van der Waals surface area contributed by atoms with Gasteiger partial charge in [-0.05, 0) is 35.1 Å². The van der Waals surface area contributed by atoms with E-state index in [1.54, 1.807) is 14.2 Å². The molecule has 6 atom stereocenters. The zero-order chi connectivity index (χ0) is 23.3. The molecule has 0 amide bonds. The molecule has 0 aromatic heterocycles. The van der Waals surface area contributed by atoms with E-state index in [0.29, 0.717) is 35.5 Å². The minimum atomic E-state index is 0. The van der Waals surface area contributed by atoms with Crippen LogP contribution in [0, 0.1) is 36.5 Å². The second-order valence-electron chi connectivity index (χ2n) is 9.58. The van der Waals surface area contributed by atoms with Crippen LogP contribution in [0.5, 0.6) is 11.5 Å². The van der Waals surface area contributed by atoms with Crippen LogP contribution in [-0.2, 0) is 26.2 Å². The van der Waals surface area contributed by atoms with E-state index in [1.165, 1.54) is 24.0 Å². The van der Waals surface area contributed by atoms with Crippen LogP contribution in [0.25, 0.3) is 0 Å². The molecule has 0 spiro atoms. The molecule has 0 bridgehead atoms. The van der Waals surface area contributed by atoms with Crippen LogP contribution in [0.15, 0.2) is 97.1 Å². The third kappa shape index (κ3) is 7.31. The zero-order valence-electron chi connectivity index (χ0n) is 21.3. The molecule has 2 aromatic rings. The predicted molar refractivity (Wildman–Crippen MR) is 140 cm³/mol. The monoisotopic (exact) mass is 610 g/mol. The molecule has 4 aliphatic rings. The molecule has 0 heterocycles. The molecule has 0 saturated heterocycles. The molecule has 2 nitrogen and oxygen atoms in total. The number of rotatable bonds is 4. The summed E-state index contributed by atoms with van der Waals surface area (Å²) >= 11 is 0. The van der Waals surface area contributed by atoms with Gasteiger partial charge in [0.25, 0.3) is 0 Å². The van der Waals surface area contributed by atoms with Crippen LogP contribution < -0.4 is 34.3 Å². The van der Waals surface area contributed by atoms with Gasteiger partial charge in [-0.15, -0.1) is 35.8 Å². The first-order valence-electron chi connectivity index (χ1n) is 12.4. The number of halogens is 2. The normalized spacial score (nSPS) is 27.8. The Bertz CT molecular complexity index is 982. The molecule has 192 valence electrons. The van der Waals surface area contributed by atoms with Gasteiger partial charge in [0, 0.05) is 0 Å². The van der Waals surface area contributed by atoms with Gasteiger partial charge in [-0.1, -0.05) is 85.7 Å². The summed E-state index contributed by atoms with van der Waals surface area (Å²) in [5.41, 5.74) is 2.65. The average molecular weight is 613 g/mol. The Balaban J connectivity index is 0.000000241.